The number of nitrogens with one attached hydrogen (secondary N) is 1. The monoisotopic (exact) mass is 401 g/mol. The number of anilines is 1. The summed E-state index contributed by atoms with van der Waals surface area (Å²) in [4.78, 5) is 31.9. The van der Waals surface area contributed by atoms with Crippen LogP contribution in [0.3, 0.4) is 0 Å². The molecule has 0 spiro atoms. The maximum Gasteiger partial charge on any atom is 0.263 e. The van der Waals surface area contributed by atoms with Crippen LogP contribution >= 0.6 is 23.1 Å². The Labute approximate surface area is 164 Å². The molecule has 1 aliphatic rings. The van der Waals surface area contributed by atoms with Crippen molar-refractivity contribution in [3.8, 4) is 5.75 Å². The highest BCUT2D eigenvalue weighted by Gasteiger charge is 2.23. The van der Waals surface area contributed by atoms with E-state index in [0.717, 1.165) is 29.5 Å². The predicted molar refractivity (Wildman–Crippen MR) is 109 cm³/mol. The quantitative estimate of drug-likeness (QED) is 0.506. The van der Waals surface area contributed by atoms with Crippen molar-refractivity contribution >= 4 is 44.9 Å². The molecule has 0 aliphatic heterocycles. The molecule has 0 unspecified atom stereocenters. The maximum atomic E-state index is 13.0. The normalized spacial score (nSPS) is 13.1. The Morgan fingerprint density at radius 2 is 2.26 bits per heavy atom. The van der Waals surface area contributed by atoms with Crippen LogP contribution in [0.2, 0.25) is 0 Å². The van der Waals surface area contributed by atoms with Gasteiger partial charge in [-0.25, -0.2) is 4.98 Å². The van der Waals surface area contributed by atoms with E-state index in [1.807, 2.05) is 6.92 Å². The predicted octanol–water partition coefficient (Wildman–Crippen LogP) is 3.40. The summed E-state index contributed by atoms with van der Waals surface area (Å²) < 4.78 is 1.65. The minimum Gasteiger partial charge on any atom is -0.508 e. The molecule has 0 bridgehead atoms. The van der Waals surface area contributed by atoms with Crippen LogP contribution in [0, 0.1) is 0 Å². The smallest absolute Gasteiger partial charge is 0.263 e. The van der Waals surface area contributed by atoms with Gasteiger partial charge in [-0.15, -0.1) is 11.3 Å². The number of benzene rings is 1. The van der Waals surface area contributed by atoms with Crippen molar-refractivity contribution in [2.45, 2.75) is 37.9 Å². The number of phenols is 1. The molecule has 2 aromatic heterocycles. The Kier molecular flexibility index (Phi) is 4.92. The van der Waals surface area contributed by atoms with E-state index in [4.69, 9.17) is 0 Å². The highest BCUT2D eigenvalue weighted by atomic mass is 32.2. The van der Waals surface area contributed by atoms with Gasteiger partial charge in [-0.05, 0) is 43.9 Å². The van der Waals surface area contributed by atoms with Gasteiger partial charge in [0, 0.05) is 23.2 Å². The average Bonchev–Trinajstić information content (AvgIpc) is 3.20. The van der Waals surface area contributed by atoms with E-state index in [2.05, 4.69) is 10.3 Å². The molecule has 8 heteroatoms. The van der Waals surface area contributed by atoms with E-state index in [0.29, 0.717) is 17.4 Å². The fourth-order valence-corrected chi connectivity index (χ4v) is 5.52. The number of aromatic hydroxyl groups is 1. The molecule has 0 saturated carbocycles. The number of amides is 1. The molecule has 1 aliphatic carbocycles. The molecule has 0 saturated heterocycles. The van der Waals surface area contributed by atoms with Crippen LogP contribution in [0.25, 0.3) is 10.2 Å². The molecule has 0 atom stereocenters. The van der Waals surface area contributed by atoms with Gasteiger partial charge in [0.25, 0.3) is 5.56 Å². The largest absolute Gasteiger partial charge is 0.508 e. The van der Waals surface area contributed by atoms with Crippen LogP contribution in [0.1, 0.15) is 23.8 Å². The molecule has 27 heavy (non-hydrogen) atoms. The van der Waals surface area contributed by atoms with Crippen LogP contribution in [-0.4, -0.2) is 26.3 Å². The van der Waals surface area contributed by atoms with Crippen molar-refractivity contribution in [3.05, 3.63) is 45.1 Å². The second-order valence-corrected chi connectivity index (χ2v) is 8.39. The Bertz CT molecular complexity index is 1090. The highest BCUT2D eigenvalue weighted by molar-refractivity contribution is 7.99. The molecule has 2 heterocycles. The fourth-order valence-electron chi connectivity index (χ4n) is 3.36. The third-order valence-electron chi connectivity index (χ3n) is 4.57. The van der Waals surface area contributed by atoms with Crippen molar-refractivity contribution < 1.29 is 9.90 Å². The fraction of sp³-hybridized carbons (Fsp3) is 0.316. The zero-order chi connectivity index (χ0) is 19.0. The van der Waals surface area contributed by atoms with E-state index in [9.17, 15) is 14.7 Å². The molecule has 0 radical (unpaired) electrons. The van der Waals surface area contributed by atoms with E-state index >= 15 is 0 Å². The van der Waals surface area contributed by atoms with Gasteiger partial charge in [0.2, 0.25) is 5.91 Å². The van der Waals surface area contributed by atoms with E-state index in [1.54, 1.807) is 34.1 Å². The lowest BCUT2D eigenvalue weighted by atomic mass is 10.2. The summed E-state index contributed by atoms with van der Waals surface area (Å²) in [6, 6.07) is 6.41. The molecule has 140 valence electrons. The van der Waals surface area contributed by atoms with Crippen LogP contribution < -0.4 is 10.9 Å². The van der Waals surface area contributed by atoms with Crippen molar-refractivity contribution in [2.24, 2.45) is 0 Å². The van der Waals surface area contributed by atoms with Gasteiger partial charge < -0.3 is 10.4 Å². The minimum absolute atomic E-state index is 0.00205. The number of aryl methyl sites for hydroxylation is 2. The van der Waals surface area contributed by atoms with Gasteiger partial charge in [0.15, 0.2) is 5.16 Å². The summed E-state index contributed by atoms with van der Waals surface area (Å²) in [6.07, 6.45) is 3.08. The van der Waals surface area contributed by atoms with Crippen LogP contribution in [0.5, 0.6) is 5.75 Å². The Morgan fingerprint density at radius 1 is 1.41 bits per heavy atom. The number of fused-ring (bicyclic) bond motifs is 3. The second-order valence-electron chi connectivity index (χ2n) is 6.37. The number of hydrogen-bond acceptors (Lipinski definition) is 6. The van der Waals surface area contributed by atoms with E-state index in [1.165, 1.54) is 28.3 Å². The average molecular weight is 402 g/mol. The second kappa shape index (κ2) is 7.36. The molecular formula is C19H19N3O3S2. The van der Waals surface area contributed by atoms with Crippen LogP contribution in [0.15, 0.2) is 34.2 Å². The van der Waals surface area contributed by atoms with E-state index < -0.39 is 0 Å². The lowest BCUT2D eigenvalue weighted by Gasteiger charge is -2.10. The van der Waals surface area contributed by atoms with Crippen molar-refractivity contribution in [2.75, 3.05) is 11.1 Å². The molecule has 1 amide bonds. The lowest BCUT2D eigenvalue weighted by Crippen LogP contribution is -2.23. The number of carbonyl (C=O) groups excluding carboxylic acids is 1. The first kappa shape index (κ1) is 18.1. The van der Waals surface area contributed by atoms with Crippen molar-refractivity contribution in [1.82, 2.24) is 9.55 Å². The summed E-state index contributed by atoms with van der Waals surface area (Å²) in [7, 11) is 0. The summed E-state index contributed by atoms with van der Waals surface area (Å²) >= 11 is 2.86. The first-order chi connectivity index (χ1) is 13.1. The van der Waals surface area contributed by atoms with Gasteiger partial charge in [-0.3, -0.25) is 14.2 Å². The SMILES string of the molecule is CCn1c(SCC(=O)Nc2cccc(O)c2)nc2sc3c(c2c1=O)CCC3. The Morgan fingerprint density at radius 3 is 3.04 bits per heavy atom. The molecule has 3 aromatic rings. The third-order valence-corrected chi connectivity index (χ3v) is 6.73. The van der Waals surface area contributed by atoms with Crippen LogP contribution in [0.4, 0.5) is 5.69 Å². The number of phenolic OH excluding ortho intramolecular Hbond substituents is 1. The summed E-state index contributed by atoms with van der Waals surface area (Å²) in [5.74, 6) is 0.0213. The van der Waals surface area contributed by atoms with Crippen molar-refractivity contribution in [3.63, 3.8) is 0 Å². The van der Waals surface area contributed by atoms with Crippen molar-refractivity contribution in [1.29, 1.82) is 0 Å². The zero-order valence-corrected chi connectivity index (χ0v) is 16.5. The molecule has 1 aromatic carbocycles. The summed E-state index contributed by atoms with van der Waals surface area (Å²) in [5, 5.41) is 13.6. The molecule has 4 rings (SSSR count). The Balaban J connectivity index is 1.56. The van der Waals surface area contributed by atoms with Gasteiger partial charge in [0.05, 0.1) is 11.1 Å². The number of thiophene rings is 1. The minimum atomic E-state index is -0.212. The number of aromatic nitrogens is 2. The first-order valence-corrected chi connectivity index (χ1v) is 10.6. The number of hydrogen-bond donors (Lipinski definition) is 2. The zero-order valence-electron chi connectivity index (χ0n) is 14.8. The number of rotatable bonds is 5. The highest BCUT2D eigenvalue weighted by Crippen LogP contribution is 2.35. The molecular weight excluding hydrogens is 382 g/mol. The number of thioether (sulfide) groups is 1. The maximum absolute atomic E-state index is 13.0. The number of nitrogens with zero attached hydrogens (tertiary/aromatic N) is 2. The standard InChI is InChI=1S/C19H19N3O3S2/c1-2-22-18(25)16-13-7-4-8-14(13)27-17(16)21-19(22)26-10-15(24)20-11-5-3-6-12(23)9-11/h3,5-6,9,23H,2,4,7-8,10H2,1H3,(H,20,24). The third kappa shape index (κ3) is 3.46. The molecule has 0 fully saturated rings. The molecule has 6 nitrogen and oxygen atoms in total. The Hall–Kier alpha value is -2.32. The van der Waals surface area contributed by atoms with Gasteiger partial charge in [-0.2, -0.15) is 0 Å². The number of carbonyl (C=O) groups is 1. The van der Waals surface area contributed by atoms with E-state index in [-0.39, 0.29) is 23.0 Å². The topological polar surface area (TPSA) is 84.2 Å². The van der Waals surface area contributed by atoms with Gasteiger partial charge >= 0.3 is 0 Å². The van der Waals surface area contributed by atoms with Gasteiger partial charge in [0.1, 0.15) is 10.6 Å². The summed E-state index contributed by atoms with van der Waals surface area (Å²) in [6.45, 7) is 2.43. The molecule has 2 N–H and O–H groups in total. The van der Waals surface area contributed by atoms with Gasteiger partial charge in [-0.1, -0.05) is 17.8 Å². The summed E-state index contributed by atoms with van der Waals surface area (Å²) in [5.41, 5.74) is 1.71. The first-order valence-electron chi connectivity index (χ1n) is 8.83. The van der Waals surface area contributed by atoms with Crippen LogP contribution in [-0.2, 0) is 24.2 Å². The lowest BCUT2D eigenvalue weighted by molar-refractivity contribution is -0.113.